The van der Waals surface area contributed by atoms with Crippen molar-refractivity contribution in [3.8, 4) is 0 Å². The molecule has 3 heterocycles. The minimum Gasteiger partial charge on any atom is -0.454 e. The van der Waals surface area contributed by atoms with Gasteiger partial charge >= 0.3 is 12.5 Å². The molecule has 30 heavy (non-hydrogen) atoms. The average molecular weight is 418 g/mol. The van der Waals surface area contributed by atoms with Crippen molar-refractivity contribution >= 4 is 23.5 Å². The Kier molecular flexibility index (Phi) is 4.79. The van der Waals surface area contributed by atoms with Gasteiger partial charge in [-0.3, -0.25) is 19.1 Å². The number of rotatable bonds is 5. The molecule has 0 bridgehead atoms. The van der Waals surface area contributed by atoms with Crippen LogP contribution in [0.2, 0.25) is 0 Å². The fraction of sp³-hybridized carbons (Fsp3) is 0.400. The van der Waals surface area contributed by atoms with E-state index in [2.05, 4.69) is 4.98 Å². The normalized spacial score (nSPS) is 20.7. The Balaban J connectivity index is 1.75. The van der Waals surface area contributed by atoms with E-state index < -0.39 is 36.7 Å². The molecule has 2 aromatic rings. The first kappa shape index (κ1) is 20.0. The van der Waals surface area contributed by atoms with Crippen molar-refractivity contribution in [3.63, 3.8) is 0 Å². The third-order valence-electron chi connectivity index (χ3n) is 5.43. The van der Waals surface area contributed by atoms with Crippen molar-refractivity contribution in [1.29, 1.82) is 0 Å². The first-order chi connectivity index (χ1) is 14.3. The molecule has 0 aliphatic carbocycles. The van der Waals surface area contributed by atoms with Gasteiger partial charge in [0.05, 0.1) is 11.3 Å². The molecule has 4 rings (SSSR count). The lowest BCUT2D eigenvalue weighted by Gasteiger charge is -2.50. The molecule has 10 heteroatoms. The number of benzene rings is 1. The van der Waals surface area contributed by atoms with Crippen LogP contribution < -0.4 is 4.90 Å². The molecule has 1 aromatic carbocycles. The Labute approximate surface area is 171 Å². The predicted molar refractivity (Wildman–Crippen MR) is 100 cm³/mol. The maximum Gasteiger partial charge on any atom is 0.354 e. The Morgan fingerprint density at radius 2 is 2.00 bits per heavy atom. The van der Waals surface area contributed by atoms with Gasteiger partial charge in [0.15, 0.2) is 5.82 Å². The molecule has 0 N–H and O–H groups in total. The lowest BCUT2D eigenvalue weighted by atomic mass is 9.95. The van der Waals surface area contributed by atoms with Crippen molar-refractivity contribution in [3.05, 3.63) is 48.0 Å². The lowest BCUT2D eigenvalue weighted by molar-refractivity contribution is -0.160. The van der Waals surface area contributed by atoms with E-state index in [-0.39, 0.29) is 24.6 Å². The third-order valence-corrected chi connectivity index (χ3v) is 5.43. The van der Waals surface area contributed by atoms with Crippen LogP contribution in [0.25, 0.3) is 0 Å². The van der Waals surface area contributed by atoms with E-state index in [9.17, 15) is 23.2 Å². The molecule has 2 aliphatic heterocycles. The Morgan fingerprint density at radius 3 is 2.70 bits per heavy atom. The minimum absolute atomic E-state index is 0.0472. The maximum absolute atomic E-state index is 13.4. The molecular formula is C20H20F2N4O4. The van der Waals surface area contributed by atoms with Crippen LogP contribution in [0.1, 0.15) is 49.4 Å². The molecule has 1 aromatic heterocycles. The quantitative estimate of drug-likeness (QED) is 0.697. The first-order valence-corrected chi connectivity index (χ1v) is 9.52. The predicted octanol–water partition coefficient (Wildman–Crippen LogP) is 2.71. The zero-order chi connectivity index (χ0) is 21.6. The first-order valence-electron chi connectivity index (χ1n) is 9.52. The molecule has 1 atom stereocenters. The van der Waals surface area contributed by atoms with Crippen LogP contribution in [0.4, 0.5) is 14.5 Å². The molecule has 0 saturated carbocycles. The molecule has 1 fully saturated rings. The zero-order valence-corrected chi connectivity index (χ0v) is 16.4. The number of para-hydroxylation sites is 1. The number of imidazole rings is 1. The van der Waals surface area contributed by atoms with Crippen LogP contribution >= 0.6 is 0 Å². The number of aromatic nitrogens is 2. The summed E-state index contributed by atoms with van der Waals surface area (Å²) in [6.45, 7) is 0.137. The van der Waals surface area contributed by atoms with Crippen molar-refractivity contribution in [1.82, 2.24) is 14.5 Å². The molecule has 158 valence electrons. The zero-order valence-electron chi connectivity index (χ0n) is 16.4. The summed E-state index contributed by atoms with van der Waals surface area (Å²) in [5, 5.41) is 0. The number of alkyl halides is 2. The summed E-state index contributed by atoms with van der Waals surface area (Å²) in [5.41, 5.74) is -1.01. The second kappa shape index (κ2) is 7.19. The van der Waals surface area contributed by atoms with E-state index in [0.29, 0.717) is 15.8 Å². The van der Waals surface area contributed by atoms with Crippen LogP contribution in [-0.2, 0) is 20.9 Å². The fourth-order valence-corrected chi connectivity index (χ4v) is 4.25. The molecule has 2 amide bonds. The van der Waals surface area contributed by atoms with Crippen LogP contribution in [0, 0.1) is 0 Å². The van der Waals surface area contributed by atoms with Crippen LogP contribution in [0.3, 0.4) is 0 Å². The SMILES string of the molecule is CC(C)N1C(=O)c2ccccc2N2C(=O)CCC21C(=O)OCc1nccn1C(F)F. The molecule has 1 saturated heterocycles. The minimum atomic E-state index is -2.83. The van der Waals surface area contributed by atoms with E-state index in [4.69, 9.17) is 4.74 Å². The summed E-state index contributed by atoms with van der Waals surface area (Å²) in [6, 6.07) is 6.16. The number of hydrogen-bond acceptors (Lipinski definition) is 5. The van der Waals surface area contributed by atoms with Gasteiger partial charge in [0.1, 0.15) is 6.61 Å². The van der Waals surface area contributed by atoms with Gasteiger partial charge in [-0.25, -0.2) is 9.78 Å². The van der Waals surface area contributed by atoms with E-state index >= 15 is 0 Å². The number of amides is 2. The molecule has 1 unspecified atom stereocenters. The summed E-state index contributed by atoms with van der Waals surface area (Å²) in [6.07, 6.45) is 2.36. The van der Waals surface area contributed by atoms with Gasteiger partial charge in [-0.1, -0.05) is 12.1 Å². The molecule has 8 nitrogen and oxygen atoms in total. The lowest BCUT2D eigenvalue weighted by Crippen LogP contribution is -2.70. The number of halogens is 2. The average Bonchev–Trinajstić information content (AvgIpc) is 3.31. The Morgan fingerprint density at radius 1 is 1.27 bits per heavy atom. The van der Waals surface area contributed by atoms with Crippen molar-refractivity contribution in [2.75, 3.05) is 4.90 Å². The topological polar surface area (TPSA) is 84.7 Å². The molecular weight excluding hydrogens is 398 g/mol. The number of ether oxygens (including phenoxy) is 1. The van der Waals surface area contributed by atoms with E-state index in [1.54, 1.807) is 38.1 Å². The Bertz CT molecular complexity index is 1020. The number of anilines is 1. The van der Waals surface area contributed by atoms with E-state index in [0.717, 1.165) is 6.20 Å². The van der Waals surface area contributed by atoms with Gasteiger partial charge in [0.25, 0.3) is 5.91 Å². The molecule has 2 aliphatic rings. The third kappa shape index (κ3) is 2.78. The van der Waals surface area contributed by atoms with Crippen molar-refractivity contribution < 1.29 is 27.9 Å². The van der Waals surface area contributed by atoms with Gasteiger partial charge in [-0.15, -0.1) is 0 Å². The summed E-state index contributed by atoms with van der Waals surface area (Å²) in [5.74, 6) is -1.69. The molecule has 0 radical (unpaired) electrons. The van der Waals surface area contributed by atoms with Crippen LogP contribution in [-0.4, -0.2) is 43.9 Å². The highest BCUT2D eigenvalue weighted by Gasteiger charge is 2.62. The Hall–Kier alpha value is -3.30. The summed E-state index contributed by atoms with van der Waals surface area (Å²) in [7, 11) is 0. The highest BCUT2D eigenvalue weighted by atomic mass is 19.3. The van der Waals surface area contributed by atoms with Gasteiger partial charge in [-0.05, 0) is 26.0 Å². The van der Waals surface area contributed by atoms with E-state index in [1.165, 1.54) is 16.0 Å². The smallest absolute Gasteiger partial charge is 0.354 e. The number of fused-ring (bicyclic) bond motifs is 3. The van der Waals surface area contributed by atoms with Crippen LogP contribution in [0.5, 0.6) is 0 Å². The second-order valence-corrected chi connectivity index (χ2v) is 7.44. The van der Waals surface area contributed by atoms with Gasteiger partial charge < -0.3 is 9.64 Å². The number of carbonyl (C=O) groups excluding carboxylic acids is 3. The van der Waals surface area contributed by atoms with Crippen molar-refractivity contribution in [2.24, 2.45) is 0 Å². The van der Waals surface area contributed by atoms with Gasteiger partial charge in [0.2, 0.25) is 11.6 Å². The molecule has 0 spiro atoms. The van der Waals surface area contributed by atoms with Gasteiger partial charge in [-0.2, -0.15) is 8.78 Å². The van der Waals surface area contributed by atoms with Crippen LogP contribution in [0.15, 0.2) is 36.7 Å². The maximum atomic E-state index is 13.4. The monoisotopic (exact) mass is 418 g/mol. The number of esters is 1. The largest absolute Gasteiger partial charge is 0.454 e. The van der Waals surface area contributed by atoms with E-state index in [1.807, 2.05) is 0 Å². The summed E-state index contributed by atoms with van der Waals surface area (Å²) in [4.78, 5) is 45.9. The van der Waals surface area contributed by atoms with Crippen molar-refractivity contribution in [2.45, 2.75) is 51.6 Å². The summed E-state index contributed by atoms with van der Waals surface area (Å²) < 4.78 is 32.1. The number of nitrogens with zero attached hydrogens (tertiary/aromatic N) is 4. The highest BCUT2D eigenvalue weighted by Crippen LogP contribution is 2.46. The highest BCUT2D eigenvalue weighted by molar-refractivity contribution is 6.15. The fourth-order valence-electron chi connectivity index (χ4n) is 4.25. The number of hydrogen-bond donors (Lipinski definition) is 0. The standard InChI is InChI=1S/C20H20F2N4O4/c1-12(2)25-17(28)13-5-3-4-6-14(13)26-16(27)7-8-20(25,26)18(29)30-11-15-23-9-10-24(15)19(21)22/h3-6,9-10,12,19H,7-8,11H2,1-2H3. The second-order valence-electron chi connectivity index (χ2n) is 7.44. The van der Waals surface area contributed by atoms with Gasteiger partial charge in [0, 0.05) is 31.3 Å². The summed E-state index contributed by atoms with van der Waals surface area (Å²) >= 11 is 0. The number of carbonyl (C=O) groups is 3.